The van der Waals surface area contributed by atoms with Crippen LogP contribution in [0, 0.1) is 0 Å². The molecule has 7 nitrogen and oxygen atoms in total. The Morgan fingerprint density at radius 1 is 1.03 bits per heavy atom. The number of benzene rings is 3. The van der Waals surface area contributed by atoms with Gasteiger partial charge in [0, 0.05) is 11.3 Å². The summed E-state index contributed by atoms with van der Waals surface area (Å²) in [6, 6.07) is 22.9. The second-order valence-corrected chi connectivity index (χ2v) is 9.41. The van der Waals surface area contributed by atoms with Crippen molar-refractivity contribution in [2.24, 2.45) is 5.10 Å². The molecule has 1 heterocycles. The molecule has 0 aliphatic heterocycles. The molecule has 2 N–H and O–H groups in total. The zero-order valence-electron chi connectivity index (χ0n) is 17.0. The summed E-state index contributed by atoms with van der Waals surface area (Å²) < 4.78 is 2.98. The van der Waals surface area contributed by atoms with E-state index in [4.69, 9.17) is 0 Å². The molecule has 3 aromatic carbocycles. The van der Waals surface area contributed by atoms with Gasteiger partial charge in [-0.15, -0.1) is 10.2 Å². The van der Waals surface area contributed by atoms with Crippen molar-refractivity contribution < 1.29 is 9.90 Å². The van der Waals surface area contributed by atoms with E-state index in [1.807, 2.05) is 65.2 Å². The lowest BCUT2D eigenvalue weighted by Crippen LogP contribution is -2.20. The highest BCUT2D eigenvalue weighted by molar-refractivity contribution is 9.11. The standard InChI is InChI=1S/C23H17Br2N5O2S/c24-18-11-15(12-19(25)21(18)32)13-26-27-20(31)14-33-23-29-28-22(16-7-3-1-4-8-16)30(23)17-9-5-2-6-10-17/h1-13,32H,14H2,(H,27,31)/b26-13-. The molecule has 0 saturated carbocycles. The zero-order chi connectivity index (χ0) is 23.2. The predicted octanol–water partition coefficient (Wildman–Crippen LogP) is 5.41. The fourth-order valence-corrected chi connectivity index (χ4v) is 4.91. The SMILES string of the molecule is O=C(CSc1nnc(-c2ccccc2)n1-c1ccccc1)N/N=C\c1cc(Br)c(O)c(Br)c1. The molecular formula is C23H17Br2N5O2S. The number of thioether (sulfide) groups is 1. The summed E-state index contributed by atoms with van der Waals surface area (Å²) in [6.45, 7) is 0. The maximum Gasteiger partial charge on any atom is 0.250 e. The van der Waals surface area contributed by atoms with E-state index in [2.05, 4.69) is 52.6 Å². The molecule has 0 unspecified atom stereocenters. The van der Waals surface area contributed by atoms with Crippen molar-refractivity contribution in [1.82, 2.24) is 20.2 Å². The highest BCUT2D eigenvalue weighted by Gasteiger charge is 2.17. The molecule has 4 rings (SSSR count). The minimum Gasteiger partial charge on any atom is -0.506 e. The van der Waals surface area contributed by atoms with Gasteiger partial charge < -0.3 is 5.11 Å². The Balaban J connectivity index is 1.47. The lowest BCUT2D eigenvalue weighted by molar-refractivity contribution is -0.118. The molecule has 0 radical (unpaired) electrons. The maximum absolute atomic E-state index is 12.4. The number of hydrogen-bond acceptors (Lipinski definition) is 6. The first-order valence-electron chi connectivity index (χ1n) is 9.72. The number of halogens is 2. The van der Waals surface area contributed by atoms with Gasteiger partial charge in [0.1, 0.15) is 5.75 Å². The van der Waals surface area contributed by atoms with Crippen LogP contribution in [0.15, 0.2) is 92.0 Å². The Morgan fingerprint density at radius 3 is 2.33 bits per heavy atom. The van der Waals surface area contributed by atoms with Crippen LogP contribution >= 0.6 is 43.6 Å². The first-order valence-corrected chi connectivity index (χ1v) is 12.3. The van der Waals surface area contributed by atoms with Gasteiger partial charge >= 0.3 is 0 Å². The summed E-state index contributed by atoms with van der Waals surface area (Å²) in [6.07, 6.45) is 1.50. The number of nitrogens with zero attached hydrogens (tertiary/aromatic N) is 4. The Kier molecular flexibility index (Phi) is 7.58. The molecule has 0 spiro atoms. The van der Waals surface area contributed by atoms with E-state index in [0.29, 0.717) is 25.5 Å². The number of phenols is 1. The average Bonchev–Trinajstić information content (AvgIpc) is 3.26. The summed E-state index contributed by atoms with van der Waals surface area (Å²) in [5, 5.41) is 23.1. The number of phenolic OH excluding ortho intramolecular Hbond substituents is 1. The van der Waals surface area contributed by atoms with Gasteiger partial charge in [-0.2, -0.15) is 5.10 Å². The molecule has 0 saturated heterocycles. The molecular weight excluding hydrogens is 570 g/mol. The number of carbonyl (C=O) groups excluding carboxylic acids is 1. The van der Waals surface area contributed by atoms with Gasteiger partial charge in [0.25, 0.3) is 5.91 Å². The number of para-hydroxylation sites is 1. The predicted molar refractivity (Wildman–Crippen MR) is 137 cm³/mol. The number of hydrogen-bond donors (Lipinski definition) is 2. The summed E-state index contributed by atoms with van der Waals surface area (Å²) in [4.78, 5) is 12.4. The Morgan fingerprint density at radius 2 is 1.67 bits per heavy atom. The minimum absolute atomic E-state index is 0.102. The molecule has 10 heteroatoms. The van der Waals surface area contributed by atoms with Crippen LogP contribution in [0.25, 0.3) is 17.1 Å². The lowest BCUT2D eigenvalue weighted by atomic mass is 10.2. The second kappa shape index (κ2) is 10.8. The number of aromatic hydroxyl groups is 1. The first kappa shape index (κ1) is 23.2. The molecule has 1 amide bonds. The Hall–Kier alpha value is -2.95. The van der Waals surface area contributed by atoms with Gasteiger partial charge in [0.2, 0.25) is 0 Å². The number of aromatic nitrogens is 3. The summed E-state index contributed by atoms with van der Waals surface area (Å²) in [7, 11) is 0. The van der Waals surface area contributed by atoms with Crippen LogP contribution in [0.3, 0.4) is 0 Å². The number of amides is 1. The summed E-state index contributed by atoms with van der Waals surface area (Å²) in [5.41, 5.74) is 5.06. The molecule has 33 heavy (non-hydrogen) atoms. The van der Waals surface area contributed by atoms with E-state index >= 15 is 0 Å². The summed E-state index contributed by atoms with van der Waals surface area (Å²) in [5.74, 6) is 0.633. The van der Waals surface area contributed by atoms with Gasteiger partial charge in [0.05, 0.1) is 20.9 Å². The van der Waals surface area contributed by atoms with E-state index in [-0.39, 0.29) is 17.4 Å². The van der Waals surface area contributed by atoms with Crippen molar-refractivity contribution >= 4 is 55.7 Å². The minimum atomic E-state index is -0.281. The Labute approximate surface area is 211 Å². The number of hydrazone groups is 1. The molecule has 0 bridgehead atoms. The van der Waals surface area contributed by atoms with E-state index in [1.54, 1.807) is 12.1 Å². The van der Waals surface area contributed by atoms with E-state index < -0.39 is 0 Å². The van der Waals surface area contributed by atoms with E-state index in [0.717, 1.165) is 11.3 Å². The maximum atomic E-state index is 12.4. The molecule has 0 atom stereocenters. The van der Waals surface area contributed by atoms with Crippen LogP contribution in [0.5, 0.6) is 5.75 Å². The third-order valence-electron chi connectivity index (χ3n) is 4.45. The third kappa shape index (κ3) is 5.70. The van der Waals surface area contributed by atoms with Gasteiger partial charge in [-0.25, -0.2) is 5.43 Å². The quantitative estimate of drug-likeness (QED) is 0.172. The molecule has 0 aliphatic rings. The van der Waals surface area contributed by atoms with Crippen LogP contribution in [-0.4, -0.2) is 37.7 Å². The van der Waals surface area contributed by atoms with Gasteiger partial charge in [-0.3, -0.25) is 9.36 Å². The molecule has 1 aromatic heterocycles. The van der Waals surface area contributed by atoms with E-state index in [1.165, 1.54) is 18.0 Å². The number of nitrogens with one attached hydrogen (secondary N) is 1. The third-order valence-corrected chi connectivity index (χ3v) is 6.59. The zero-order valence-corrected chi connectivity index (χ0v) is 21.0. The largest absolute Gasteiger partial charge is 0.506 e. The fraction of sp³-hybridized carbons (Fsp3) is 0.0435. The fourth-order valence-electron chi connectivity index (χ4n) is 2.95. The monoisotopic (exact) mass is 585 g/mol. The second-order valence-electron chi connectivity index (χ2n) is 6.76. The van der Waals surface area contributed by atoms with Gasteiger partial charge in [0.15, 0.2) is 11.0 Å². The van der Waals surface area contributed by atoms with Gasteiger partial charge in [-0.1, -0.05) is 60.3 Å². The highest BCUT2D eigenvalue weighted by Crippen LogP contribution is 2.33. The van der Waals surface area contributed by atoms with Crippen LogP contribution in [0.2, 0.25) is 0 Å². The first-order chi connectivity index (χ1) is 16.0. The topological polar surface area (TPSA) is 92.4 Å². The average molecular weight is 587 g/mol. The normalized spacial score (nSPS) is 11.1. The van der Waals surface area contributed by atoms with Crippen LogP contribution < -0.4 is 5.43 Å². The van der Waals surface area contributed by atoms with Gasteiger partial charge in [-0.05, 0) is 61.7 Å². The highest BCUT2D eigenvalue weighted by atomic mass is 79.9. The lowest BCUT2D eigenvalue weighted by Gasteiger charge is -2.10. The van der Waals surface area contributed by atoms with Crippen LogP contribution in [-0.2, 0) is 4.79 Å². The van der Waals surface area contributed by atoms with Crippen LogP contribution in [0.4, 0.5) is 0 Å². The smallest absolute Gasteiger partial charge is 0.250 e. The van der Waals surface area contributed by atoms with Crippen molar-refractivity contribution in [2.45, 2.75) is 5.16 Å². The number of rotatable bonds is 7. The Bertz CT molecular complexity index is 1270. The van der Waals surface area contributed by atoms with Crippen molar-refractivity contribution in [3.05, 3.63) is 87.3 Å². The van der Waals surface area contributed by atoms with E-state index in [9.17, 15) is 9.90 Å². The molecule has 0 aliphatic carbocycles. The number of carbonyl (C=O) groups is 1. The van der Waals surface area contributed by atoms with Crippen LogP contribution in [0.1, 0.15) is 5.56 Å². The molecule has 4 aromatic rings. The summed E-state index contributed by atoms with van der Waals surface area (Å²) >= 11 is 7.81. The van der Waals surface area contributed by atoms with Crippen molar-refractivity contribution in [3.63, 3.8) is 0 Å². The van der Waals surface area contributed by atoms with Crippen molar-refractivity contribution in [1.29, 1.82) is 0 Å². The molecule has 166 valence electrons. The molecule has 0 fully saturated rings. The van der Waals surface area contributed by atoms with Crippen molar-refractivity contribution in [2.75, 3.05) is 5.75 Å². The van der Waals surface area contributed by atoms with Crippen molar-refractivity contribution in [3.8, 4) is 22.8 Å².